The molecule has 1 unspecified atom stereocenters. The van der Waals surface area contributed by atoms with Gasteiger partial charge in [-0.3, -0.25) is 9.59 Å². The minimum atomic E-state index is -1.01. The first kappa shape index (κ1) is 22.5. The Kier molecular flexibility index (Phi) is 7.05. The average molecular weight is 426 g/mol. The van der Waals surface area contributed by atoms with E-state index in [1.807, 2.05) is 31.2 Å². The van der Waals surface area contributed by atoms with Gasteiger partial charge in [0.15, 0.2) is 6.61 Å². The zero-order valence-corrected chi connectivity index (χ0v) is 17.9. The molecule has 7 heteroatoms. The number of para-hydroxylation sites is 1. The first-order valence-electron chi connectivity index (χ1n) is 10.4. The molecule has 1 aliphatic rings. The molecule has 2 aromatic rings. The summed E-state index contributed by atoms with van der Waals surface area (Å²) >= 11 is 0. The fraction of sp³-hybridized carbons (Fsp3) is 0.375. The number of anilines is 1. The number of amides is 2. The monoisotopic (exact) mass is 426 g/mol. The van der Waals surface area contributed by atoms with Crippen LogP contribution in [0.3, 0.4) is 0 Å². The molecule has 1 N–H and O–H groups in total. The van der Waals surface area contributed by atoms with E-state index in [1.165, 1.54) is 24.3 Å². The van der Waals surface area contributed by atoms with E-state index in [1.54, 1.807) is 18.7 Å². The number of nitrogens with zero attached hydrogens (tertiary/aromatic N) is 1. The summed E-state index contributed by atoms with van der Waals surface area (Å²) in [7, 11) is 0. The third-order valence-corrected chi connectivity index (χ3v) is 5.46. The Morgan fingerprint density at radius 3 is 2.52 bits per heavy atom. The Balaban J connectivity index is 1.66. The quantitative estimate of drug-likeness (QED) is 0.718. The van der Waals surface area contributed by atoms with Crippen molar-refractivity contribution in [2.75, 3.05) is 11.5 Å². The molecule has 0 aromatic heterocycles. The van der Waals surface area contributed by atoms with Gasteiger partial charge in [-0.2, -0.15) is 0 Å². The van der Waals surface area contributed by atoms with Crippen molar-refractivity contribution in [2.45, 2.75) is 45.7 Å². The van der Waals surface area contributed by atoms with Gasteiger partial charge in [-0.05, 0) is 49.4 Å². The van der Waals surface area contributed by atoms with Crippen LogP contribution >= 0.6 is 0 Å². The van der Waals surface area contributed by atoms with E-state index in [0.717, 1.165) is 24.1 Å². The highest BCUT2D eigenvalue weighted by Gasteiger charge is 2.31. The van der Waals surface area contributed by atoms with Crippen molar-refractivity contribution >= 4 is 23.5 Å². The number of aryl methyl sites for hydroxylation is 1. The zero-order chi connectivity index (χ0) is 22.5. The SMILES string of the molecule is CC(C)[C@H](NC(=O)c1ccccc1F)C(=O)OCC(=O)N1c2ccccc2CCC1C. The number of esters is 1. The standard InChI is InChI=1S/C24H27FN2O4/c1-15(2)22(26-23(29)18-9-5-6-10-19(18)25)24(30)31-14-21(28)27-16(3)12-13-17-8-4-7-11-20(17)27/h4-11,15-16,22H,12-14H2,1-3H3,(H,26,29)/t16?,22-/m0/s1. The molecule has 0 radical (unpaired) electrons. The molecule has 31 heavy (non-hydrogen) atoms. The molecule has 1 heterocycles. The summed E-state index contributed by atoms with van der Waals surface area (Å²) in [5.74, 6) is -2.75. The van der Waals surface area contributed by atoms with Crippen molar-refractivity contribution in [2.24, 2.45) is 5.92 Å². The van der Waals surface area contributed by atoms with Gasteiger partial charge < -0.3 is 15.0 Å². The predicted molar refractivity (Wildman–Crippen MR) is 115 cm³/mol. The van der Waals surface area contributed by atoms with Crippen molar-refractivity contribution in [3.8, 4) is 0 Å². The second-order valence-corrected chi connectivity index (χ2v) is 8.06. The van der Waals surface area contributed by atoms with Gasteiger partial charge in [0.2, 0.25) is 0 Å². The summed E-state index contributed by atoms with van der Waals surface area (Å²) in [6.07, 6.45) is 1.71. The highest BCUT2D eigenvalue weighted by Crippen LogP contribution is 2.30. The second kappa shape index (κ2) is 9.73. The molecule has 0 saturated heterocycles. The molecule has 0 bridgehead atoms. The average Bonchev–Trinajstić information content (AvgIpc) is 2.75. The molecule has 3 rings (SSSR count). The Hall–Kier alpha value is -3.22. The van der Waals surface area contributed by atoms with Gasteiger partial charge >= 0.3 is 5.97 Å². The highest BCUT2D eigenvalue weighted by atomic mass is 19.1. The summed E-state index contributed by atoms with van der Waals surface area (Å²) in [5, 5.41) is 2.52. The minimum Gasteiger partial charge on any atom is -0.454 e. The van der Waals surface area contributed by atoms with Gasteiger partial charge in [-0.1, -0.05) is 44.2 Å². The van der Waals surface area contributed by atoms with E-state index in [4.69, 9.17) is 4.74 Å². The number of carbonyl (C=O) groups excluding carboxylic acids is 3. The topological polar surface area (TPSA) is 75.7 Å². The number of ether oxygens (including phenoxy) is 1. The van der Waals surface area contributed by atoms with Crippen LogP contribution in [-0.4, -0.2) is 36.5 Å². The van der Waals surface area contributed by atoms with E-state index in [0.29, 0.717) is 0 Å². The number of carbonyl (C=O) groups is 3. The zero-order valence-electron chi connectivity index (χ0n) is 17.9. The Bertz CT molecular complexity index is 976. The number of hydrogen-bond acceptors (Lipinski definition) is 4. The summed E-state index contributed by atoms with van der Waals surface area (Å²) in [6, 6.07) is 12.2. The number of hydrogen-bond donors (Lipinski definition) is 1. The molecule has 0 fully saturated rings. The van der Waals surface area contributed by atoms with Gasteiger partial charge in [0.1, 0.15) is 11.9 Å². The van der Waals surface area contributed by atoms with Gasteiger partial charge in [0, 0.05) is 11.7 Å². The lowest BCUT2D eigenvalue weighted by molar-refractivity contribution is -0.150. The summed E-state index contributed by atoms with van der Waals surface area (Å²) in [4.78, 5) is 39.6. The van der Waals surface area contributed by atoms with Crippen LogP contribution in [0.2, 0.25) is 0 Å². The lowest BCUT2D eigenvalue weighted by Crippen LogP contribution is -2.48. The van der Waals surface area contributed by atoms with Crippen LogP contribution in [0.1, 0.15) is 43.1 Å². The molecule has 2 atom stereocenters. The van der Waals surface area contributed by atoms with Crippen molar-refractivity contribution in [3.05, 3.63) is 65.5 Å². The van der Waals surface area contributed by atoms with Crippen LogP contribution in [0.15, 0.2) is 48.5 Å². The Morgan fingerprint density at radius 1 is 1.13 bits per heavy atom. The molecule has 0 saturated carbocycles. The first-order valence-corrected chi connectivity index (χ1v) is 10.4. The van der Waals surface area contributed by atoms with E-state index < -0.39 is 30.3 Å². The van der Waals surface area contributed by atoms with Crippen molar-refractivity contribution in [1.82, 2.24) is 5.32 Å². The molecular weight excluding hydrogens is 399 g/mol. The number of halogens is 1. The van der Waals surface area contributed by atoms with Crippen LogP contribution in [0.4, 0.5) is 10.1 Å². The first-order chi connectivity index (χ1) is 14.8. The number of benzene rings is 2. The highest BCUT2D eigenvalue weighted by molar-refractivity contribution is 5.99. The van der Waals surface area contributed by atoms with Crippen molar-refractivity contribution < 1.29 is 23.5 Å². The van der Waals surface area contributed by atoms with Crippen LogP contribution < -0.4 is 10.2 Å². The van der Waals surface area contributed by atoms with E-state index >= 15 is 0 Å². The van der Waals surface area contributed by atoms with Crippen LogP contribution in [-0.2, 0) is 20.7 Å². The number of rotatable bonds is 6. The maximum Gasteiger partial charge on any atom is 0.329 e. The summed E-state index contributed by atoms with van der Waals surface area (Å²) in [5.41, 5.74) is 1.75. The van der Waals surface area contributed by atoms with E-state index in [9.17, 15) is 18.8 Å². The Morgan fingerprint density at radius 2 is 1.81 bits per heavy atom. The van der Waals surface area contributed by atoms with Gasteiger partial charge in [-0.25, -0.2) is 9.18 Å². The second-order valence-electron chi connectivity index (χ2n) is 8.06. The molecule has 164 valence electrons. The van der Waals surface area contributed by atoms with E-state index in [-0.39, 0.29) is 23.4 Å². The number of nitrogens with one attached hydrogen (secondary N) is 1. The molecule has 2 amide bonds. The molecular formula is C24H27FN2O4. The van der Waals surface area contributed by atoms with E-state index in [2.05, 4.69) is 5.32 Å². The molecule has 0 spiro atoms. The minimum absolute atomic E-state index is 0.0113. The van der Waals surface area contributed by atoms with Gasteiger partial charge in [0.05, 0.1) is 5.56 Å². The van der Waals surface area contributed by atoms with Crippen molar-refractivity contribution in [3.63, 3.8) is 0 Å². The summed E-state index contributed by atoms with van der Waals surface area (Å²) in [6.45, 7) is 4.99. The van der Waals surface area contributed by atoms with Crippen LogP contribution in [0.25, 0.3) is 0 Å². The largest absolute Gasteiger partial charge is 0.454 e. The molecule has 0 aliphatic carbocycles. The predicted octanol–water partition coefficient (Wildman–Crippen LogP) is 3.49. The fourth-order valence-electron chi connectivity index (χ4n) is 3.72. The Labute approximate surface area is 181 Å². The molecule has 2 aromatic carbocycles. The summed E-state index contributed by atoms with van der Waals surface area (Å²) < 4.78 is 19.2. The van der Waals surface area contributed by atoms with Gasteiger partial charge in [0.25, 0.3) is 11.8 Å². The normalized spacial score (nSPS) is 16.4. The van der Waals surface area contributed by atoms with Gasteiger partial charge in [-0.15, -0.1) is 0 Å². The van der Waals surface area contributed by atoms with Crippen LogP contribution in [0, 0.1) is 11.7 Å². The maximum absolute atomic E-state index is 13.9. The third kappa shape index (κ3) is 5.10. The fourth-order valence-corrected chi connectivity index (χ4v) is 3.72. The third-order valence-electron chi connectivity index (χ3n) is 5.46. The van der Waals surface area contributed by atoms with Crippen LogP contribution in [0.5, 0.6) is 0 Å². The van der Waals surface area contributed by atoms with Crippen molar-refractivity contribution in [1.29, 1.82) is 0 Å². The molecule has 6 nitrogen and oxygen atoms in total. The number of fused-ring (bicyclic) bond motifs is 1. The maximum atomic E-state index is 13.9. The lowest BCUT2D eigenvalue weighted by Gasteiger charge is -2.35. The lowest BCUT2D eigenvalue weighted by atomic mass is 9.96. The molecule has 1 aliphatic heterocycles. The smallest absolute Gasteiger partial charge is 0.329 e.